The number of hydrogen-bond donors (Lipinski definition) is 0. The largest absolute Gasteiger partial charge is 0.444 e. The lowest BCUT2D eigenvalue weighted by atomic mass is 9.86. The van der Waals surface area contributed by atoms with E-state index in [2.05, 4.69) is 11.1 Å². The van der Waals surface area contributed by atoms with Crippen molar-refractivity contribution in [1.82, 2.24) is 18.2 Å². The molecule has 0 N–H and O–H groups in total. The number of carbonyl (C=O) groups excluding carboxylic acids is 1. The summed E-state index contributed by atoms with van der Waals surface area (Å²) in [5.74, 6) is 0.148. The van der Waals surface area contributed by atoms with E-state index in [0.717, 1.165) is 16.8 Å². The molecule has 0 spiro atoms. The zero-order valence-electron chi connectivity index (χ0n) is 27.7. The molecule has 3 aromatic rings. The van der Waals surface area contributed by atoms with Crippen LogP contribution in [-0.2, 0) is 24.8 Å². The van der Waals surface area contributed by atoms with E-state index >= 15 is 0 Å². The molecule has 2 aliphatic rings. The van der Waals surface area contributed by atoms with Gasteiger partial charge in [0.1, 0.15) is 11.7 Å². The molecule has 5 rings (SSSR count). The molecule has 1 aliphatic heterocycles. The van der Waals surface area contributed by atoms with Crippen LogP contribution in [0.4, 0.5) is 10.5 Å². The lowest BCUT2D eigenvalue weighted by molar-refractivity contribution is 0.0276. The maximum Gasteiger partial charge on any atom is 0.410 e. The monoisotopic (exact) mass is 684 g/mol. The second-order valence-electron chi connectivity index (χ2n) is 13.7. The highest BCUT2D eigenvalue weighted by molar-refractivity contribution is 7.90. The van der Waals surface area contributed by atoms with E-state index in [1.54, 1.807) is 35.6 Å². The first-order chi connectivity index (χ1) is 22.1. The van der Waals surface area contributed by atoms with E-state index in [4.69, 9.17) is 4.74 Å². The summed E-state index contributed by atoms with van der Waals surface area (Å²) in [5.41, 5.74) is 0.621. The van der Waals surface area contributed by atoms with Crippen LogP contribution < -0.4 is 4.90 Å². The molecule has 47 heavy (non-hydrogen) atoms. The summed E-state index contributed by atoms with van der Waals surface area (Å²) in [7, 11) is -3.78. The molecular formula is C33H44N6O6S2. The quantitative estimate of drug-likeness (QED) is 0.314. The average Bonchev–Trinajstić information content (AvgIpc) is 3.68. The van der Waals surface area contributed by atoms with Crippen molar-refractivity contribution in [2.24, 2.45) is 11.8 Å². The highest BCUT2D eigenvalue weighted by Gasteiger charge is 2.36. The van der Waals surface area contributed by atoms with Gasteiger partial charge in [0.05, 0.1) is 21.9 Å². The SMILES string of the molecule is CN(CC1CCN(S(=O)(=O)CC2CCC(N(C)c3c(C#N)cnc4c3ccn4S(=O)(=O)c3ccccc3)CC2)C1)C(=O)OC(C)(C)C. The van der Waals surface area contributed by atoms with Crippen LogP contribution in [0.25, 0.3) is 11.0 Å². The zero-order chi connectivity index (χ0) is 34.1. The fraction of sp³-hybridized carbons (Fsp3) is 0.545. The average molecular weight is 685 g/mol. The number of ether oxygens (including phenoxy) is 1. The summed E-state index contributed by atoms with van der Waals surface area (Å²) < 4.78 is 61.8. The summed E-state index contributed by atoms with van der Waals surface area (Å²) in [6.07, 6.45) is 6.06. The second kappa shape index (κ2) is 13.4. The van der Waals surface area contributed by atoms with Crippen molar-refractivity contribution in [1.29, 1.82) is 5.26 Å². The summed E-state index contributed by atoms with van der Waals surface area (Å²) in [6.45, 7) is 6.72. The highest BCUT2D eigenvalue weighted by Crippen LogP contribution is 2.37. The molecule has 2 fully saturated rings. The van der Waals surface area contributed by atoms with E-state index < -0.39 is 31.7 Å². The number of carbonyl (C=O) groups is 1. The van der Waals surface area contributed by atoms with Crippen molar-refractivity contribution in [3.8, 4) is 6.07 Å². The van der Waals surface area contributed by atoms with Gasteiger partial charge in [-0.1, -0.05) is 18.2 Å². The smallest absolute Gasteiger partial charge is 0.410 e. The van der Waals surface area contributed by atoms with Gasteiger partial charge in [-0.3, -0.25) is 0 Å². The number of anilines is 1. The third-order valence-electron chi connectivity index (χ3n) is 9.12. The zero-order valence-corrected chi connectivity index (χ0v) is 29.3. The van der Waals surface area contributed by atoms with Gasteiger partial charge in [-0.2, -0.15) is 5.26 Å². The van der Waals surface area contributed by atoms with Crippen LogP contribution in [0, 0.1) is 23.2 Å². The van der Waals surface area contributed by atoms with Crippen LogP contribution in [0.2, 0.25) is 0 Å². The molecule has 12 nitrogen and oxygen atoms in total. The summed E-state index contributed by atoms with van der Waals surface area (Å²) in [6, 6.07) is 12.1. The lowest BCUT2D eigenvalue weighted by Gasteiger charge is -2.37. The number of rotatable bonds is 9. The van der Waals surface area contributed by atoms with E-state index in [9.17, 15) is 26.9 Å². The minimum Gasteiger partial charge on any atom is -0.444 e. The predicted molar refractivity (Wildman–Crippen MR) is 180 cm³/mol. The Labute approximate surface area is 278 Å². The maximum absolute atomic E-state index is 13.4. The molecule has 1 saturated carbocycles. The number of nitrogens with zero attached hydrogens (tertiary/aromatic N) is 6. The number of nitriles is 1. The van der Waals surface area contributed by atoms with Crippen molar-refractivity contribution in [3.63, 3.8) is 0 Å². The third kappa shape index (κ3) is 7.58. The number of pyridine rings is 1. The minimum atomic E-state index is -3.89. The molecule has 2 aromatic heterocycles. The number of hydrogen-bond acceptors (Lipinski definition) is 9. The van der Waals surface area contributed by atoms with Crippen LogP contribution in [0.5, 0.6) is 0 Å². The molecule has 1 unspecified atom stereocenters. The van der Waals surface area contributed by atoms with Crippen molar-refractivity contribution < 1.29 is 26.4 Å². The molecule has 1 saturated heterocycles. The molecule has 254 valence electrons. The molecule has 1 atom stereocenters. The molecule has 0 bridgehead atoms. The second-order valence-corrected chi connectivity index (χ2v) is 17.6. The maximum atomic E-state index is 13.4. The Kier molecular flexibility index (Phi) is 9.92. The van der Waals surface area contributed by atoms with Gasteiger partial charge < -0.3 is 14.5 Å². The normalized spacial score (nSPS) is 21.0. The first-order valence-electron chi connectivity index (χ1n) is 16.0. The van der Waals surface area contributed by atoms with E-state index in [1.165, 1.54) is 29.4 Å². The Balaban J connectivity index is 1.22. The Morgan fingerprint density at radius 3 is 2.34 bits per heavy atom. The van der Waals surface area contributed by atoms with Crippen LogP contribution in [-0.4, -0.2) is 92.2 Å². The lowest BCUT2D eigenvalue weighted by Crippen LogP contribution is -2.40. The van der Waals surface area contributed by atoms with Crippen LogP contribution in [0.1, 0.15) is 58.4 Å². The molecular weight excluding hydrogens is 641 g/mol. The van der Waals surface area contributed by atoms with E-state index in [0.29, 0.717) is 55.5 Å². The van der Waals surface area contributed by atoms with Gasteiger partial charge in [0.2, 0.25) is 10.0 Å². The molecule has 1 aromatic carbocycles. The van der Waals surface area contributed by atoms with Crippen LogP contribution in [0.15, 0.2) is 53.7 Å². The van der Waals surface area contributed by atoms with Crippen LogP contribution >= 0.6 is 0 Å². The van der Waals surface area contributed by atoms with Gasteiger partial charge in [-0.15, -0.1) is 0 Å². The molecule has 1 amide bonds. The number of benzene rings is 1. The van der Waals surface area contributed by atoms with Crippen molar-refractivity contribution >= 4 is 42.9 Å². The number of fused-ring (bicyclic) bond motifs is 1. The van der Waals surface area contributed by atoms with Gasteiger partial charge in [-0.25, -0.2) is 34.9 Å². The minimum absolute atomic E-state index is 0.0122. The number of aromatic nitrogens is 2. The van der Waals surface area contributed by atoms with Crippen LogP contribution in [0.3, 0.4) is 0 Å². The first-order valence-corrected chi connectivity index (χ1v) is 19.0. The molecule has 1 aliphatic carbocycles. The Hall–Kier alpha value is -3.67. The summed E-state index contributed by atoms with van der Waals surface area (Å²) in [5, 5.41) is 10.5. The Morgan fingerprint density at radius 1 is 1.02 bits per heavy atom. The summed E-state index contributed by atoms with van der Waals surface area (Å²) in [4.78, 5) is 20.4. The van der Waals surface area contributed by atoms with E-state index in [1.807, 2.05) is 32.7 Å². The van der Waals surface area contributed by atoms with Gasteiger partial charge in [0, 0.05) is 57.6 Å². The van der Waals surface area contributed by atoms with Crippen molar-refractivity contribution in [3.05, 3.63) is 54.4 Å². The third-order valence-corrected chi connectivity index (χ3v) is 12.8. The van der Waals surface area contributed by atoms with Gasteiger partial charge in [-0.05, 0) is 82.9 Å². The van der Waals surface area contributed by atoms with Gasteiger partial charge >= 0.3 is 6.09 Å². The topological polar surface area (TPSA) is 146 Å². The number of sulfonamides is 1. The summed E-state index contributed by atoms with van der Waals surface area (Å²) >= 11 is 0. The highest BCUT2D eigenvalue weighted by atomic mass is 32.2. The fourth-order valence-electron chi connectivity index (χ4n) is 6.70. The molecule has 3 heterocycles. The standard InChI is InChI=1S/C33H44N6O6S2/c1-33(2,3)45-32(40)36(4)21-25-15-17-38(22-25)46(41,42)23-24-11-13-27(14-12-24)37(5)30-26(19-34)20-35-31-29(30)16-18-39(31)47(43,44)28-9-7-6-8-10-28/h6-10,16,18,20,24-25,27H,11-15,17,21-23H2,1-5H3. The Morgan fingerprint density at radius 2 is 1.70 bits per heavy atom. The van der Waals surface area contributed by atoms with Gasteiger partial charge in [0.25, 0.3) is 10.0 Å². The van der Waals surface area contributed by atoms with Crippen molar-refractivity contribution in [2.45, 2.75) is 69.4 Å². The fourth-order valence-corrected chi connectivity index (χ4v) is 9.98. The Bertz CT molecular complexity index is 1860. The van der Waals surface area contributed by atoms with Crippen molar-refractivity contribution in [2.75, 3.05) is 44.4 Å². The first kappa shape index (κ1) is 34.7. The molecule has 14 heteroatoms. The predicted octanol–water partition coefficient (Wildman–Crippen LogP) is 4.66. The molecule has 0 radical (unpaired) electrons. The number of amides is 1. The van der Waals surface area contributed by atoms with Gasteiger partial charge in [0.15, 0.2) is 5.65 Å². The van der Waals surface area contributed by atoms with E-state index in [-0.39, 0.29) is 34.2 Å².